The molecule has 264 valence electrons. The first kappa shape index (κ1) is 35.7. The van der Waals surface area contributed by atoms with Crippen LogP contribution < -0.4 is 9.64 Å². The number of hydrogen-bond acceptors (Lipinski definition) is 6. The Labute approximate surface area is 305 Å². The van der Waals surface area contributed by atoms with Crippen molar-refractivity contribution in [1.82, 2.24) is 14.4 Å². The zero-order chi connectivity index (χ0) is 34.8. The summed E-state index contributed by atoms with van der Waals surface area (Å²) in [6.45, 7) is 6.28. The molecule has 4 aromatic carbocycles. The smallest absolute Gasteiger partial charge is 0.264 e. The Bertz CT molecular complexity index is 2010. The van der Waals surface area contributed by atoms with Crippen molar-refractivity contribution in [3.05, 3.63) is 131 Å². The fourth-order valence-corrected chi connectivity index (χ4v) is 7.13. The second kappa shape index (κ2) is 15.4. The van der Waals surface area contributed by atoms with Gasteiger partial charge in [-0.1, -0.05) is 42.5 Å². The van der Waals surface area contributed by atoms with E-state index in [0.717, 1.165) is 43.0 Å². The molecule has 0 radical (unpaired) electrons. The third kappa shape index (κ3) is 7.23. The van der Waals surface area contributed by atoms with Crippen LogP contribution in [-0.4, -0.2) is 77.3 Å². The minimum absolute atomic E-state index is 0. The van der Waals surface area contributed by atoms with Crippen LogP contribution in [0.3, 0.4) is 0 Å². The van der Waals surface area contributed by atoms with Gasteiger partial charge < -0.3 is 24.0 Å². The number of phenols is 1. The molecule has 1 aromatic heterocycles. The summed E-state index contributed by atoms with van der Waals surface area (Å²) >= 11 is 0. The molecule has 2 aliphatic rings. The van der Waals surface area contributed by atoms with Gasteiger partial charge in [0.1, 0.15) is 11.5 Å². The van der Waals surface area contributed by atoms with Gasteiger partial charge in [-0.05, 0) is 85.1 Å². The summed E-state index contributed by atoms with van der Waals surface area (Å²) < 4.78 is 13.2. The third-order valence-corrected chi connectivity index (χ3v) is 10.0. The molecule has 10 heteroatoms. The molecule has 0 unspecified atom stereocenters. The lowest BCUT2D eigenvalue weighted by Crippen LogP contribution is -2.52. The predicted molar refractivity (Wildman–Crippen MR) is 201 cm³/mol. The SMILES string of the molecule is COc1ccc(C(=O)N2Cc3ccccc3C[C@H]2CN2CCOCC2)c(-c2cc(C(=O)N(c3ccccc3)c3ccc(O)cc3)c(C)n2C)c1.Cl. The Morgan fingerprint density at radius 2 is 1.53 bits per heavy atom. The molecule has 0 saturated carbocycles. The number of halogens is 1. The van der Waals surface area contributed by atoms with Crippen LogP contribution in [0.2, 0.25) is 0 Å². The Kier molecular flexibility index (Phi) is 10.8. The van der Waals surface area contributed by atoms with E-state index in [4.69, 9.17) is 9.47 Å². The molecule has 0 aliphatic carbocycles. The van der Waals surface area contributed by atoms with Crippen LogP contribution in [0.4, 0.5) is 11.4 Å². The highest BCUT2D eigenvalue weighted by Crippen LogP contribution is 2.36. The third-order valence-electron chi connectivity index (χ3n) is 10.0. The van der Waals surface area contributed by atoms with E-state index < -0.39 is 0 Å². The average molecular weight is 707 g/mol. The monoisotopic (exact) mass is 706 g/mol. The van der Waals surface area contributed by atoms with E-state index in [9.17, 15) is 14.7 Å². The van der Waals surface area contributed by atoms with Crippen LogP contribution in [0.5, 0.6) is 11.5 Å². The van der Waals surface area contributed by atoms with E-state index in [1.54, 1.807) is 36.3 Å². The van der Waals surface area contributed by atoms with E-state index in [2.05, 4.69) is 23.1 Å². The zero-order valence-corrected chi connectivity index (χ0v) is 29.9. The van der Waals surface area contributed by atoms with E-state index in [1.165, 1.54) is 5.56 Å². The molecule has 3 heterocycles. The molecule has 0 spiro atoms. The van der Waals surface area contributed by atoms with Crippen molar-refractivity contribution in [1.29, 1.82) is 0 Å². The van der Waals surface area contributed by atoms with Gasteiger partial charge in [-0.15, -0.1) is 12.4 Å². The number of para-hydroxylation sites is 1. The van der Waals surface area contributed by atoms with Crippen molar-refractivity contribution in [2.45, 2.75) is 25.9 Å². The number of rotatable bonds is 8. The predicted octanol–water partition coefficient (Wildman–Crippen LogP) is 7.01. The first-order valence-corrected chi connectivity index (χ1v) is 17.0. The number of carbonyl (C=O) groups is 2. The van der Waals surface area contributed by atoms with Gasteiger partial charge in [0.25, 0.3) is 11.8 Å². The number of ether oxygens (including phenoxy) is 2. The lowest BCUT2D eigenvalue weighted by molar-refractivity contribution is 0.0193. The second-order valence-corrected chi connectivity index (χ2v) is 13.0. The fraction of sp³-hybridized carbons (Fsp3) is 0.268. The molecule has 5 aromatic rings. The summed E-state index contributed by atoms with van der Waals surface area (Å²) in [6, 6.07) is 31.8. The molecule has 9 nitrogen and oxygen atoms in total. The molecule has 51 heavy (non-hydrogen) atoms. The Balaban J connectivity index is 0.00000448. The van der Waals surface area contributed by atoms with E-state index in [1.807, 2.05) is 84.1 Å². The number of aromatic hydroxyl groups is 1. The number of aromatic nitrogens is 1. The number of carbonyl (C=O) groups excluding carboxylic acids is 2. The molecular weight excluding hydrogens is 664 g/mol. The van der Waals surface area contributed by atoms with Crippen molar-refractivity contribution in [2.75, 3.05) is 44.9 Å². The summed E-state index contributed by atoms with van der Waals surface area (Å²) in [5.74, 6) is 0.450. The highest BCUT2D eigenvalue weighted by molar-refractivity contribution is 6.12. The van der Waals surface area contributed by atoms with Crippen molar-refractivity contribution in [2.24, 2.45) is 7.05 Å². The highest BCUT2D eigenvalue weighted by atomic mass is 35.5. The summed E-state index contributed by atoms with van der Waals surface area (Å²) in [7, 11) is 3.53. The van der Waals surface area contributed by atoms with Gasteiger partial charge in [0.05, 0.1) is 25.9 Å². The maximum atomic E-state index is 14.8. The van der Waals surface area contributed by atoms with Crippen molar-refractivity contribution >= 4 is 35.6 Å². The number of hydrogen-bond donors (Lipinski definition) is 1. The van der Waals surface area contributed by atoms with E-state index >= 15 is 0 Å². The first-order chi connectivity index (χ1) is 24.3. The standard InChI is InChI=1S/C41H42N4O5.ClH/c1-28-37(41(48)45(31-11-5-4-6-12-31)32-13-15-34(46)16-14-32)25-39(42(28)2)38-24-35(49-3)17-18-36(38)40(47)44-26-30-10-8-7-9-29(30)23-33(44)27-43-19-21-50-22-20-43;/h4-18,24-25,33,46H,19-23,26-27H2,1-3H3;1H/t33-;/m0./s1. The molecule has 1 saturated heterocycles. The summed E-state index contributed by atoms with van der Waals surface area (Å²) in [5.41, 5.74) is 6.98. The minimum atomic E-state index is -0.227. The van der Waals surface area contributed by atoms with E-state index in [0.29, 0.717) is 53.6 Å². The van der Waals surface area contributed by atoms with Crippen LogP contribution in [0.15, 0.2) is 103 Å². The summed E-state index contributed by atoms with van der Waals surface area (Å²) in [5, 5.41) is 9.97. The van der Waals surface area contributed by atoms with Crippen LogP contribution in [0, 0.1) is 6.92 Å². The average Bonchev–Trinajstić information content (AvgIpc) is 3.45. The van der Waals surface area contributed by atoms with Crippen LogP contribution in [0.25, 0.3) is 11.3 Å². The van der Waals surface area contributed by atoms with Crippen molar-refractivity contribution in [3.8, 4) is 22.8 Å². The normalized spacial score (nSPS) is 15.8. The molecule has 2 aliphatic heterocycles. The number of fused-ring (bicyclic) bond motifs is 1. The first-order valence-electron chi connectivity index (χ1n) is 17.0. The molecule has 2 amide bonds. The van der Waals surface area contributed by atoms with Crippen LogP contribution >= 0.6 is 12.4 Å². The van der Waals surface area contributed by atoms with Gasteiger partial charge in [0, 0.05) is 73.2 Å². The van der Waals surface area contributed by atoms with Gasteiger partial charge in [0.15, 0.2) is 0 Å². The Morgan fingerprint density at radius 3 is 2.24 bits per heavy atom. The maximum absolute atomic E-state index is 14.8. The van der Waals surface area contributed by atoms with Crippen LogP contribution in [0.1, 0.15) is 37.5 Å². The number of morpholine rings is 1. The minimum Gasteiger partial charge on any atom is -0.508 e. The number of nitrogens with zero attached hydrogens (tertiary/aromatic N) is 4. The Hall–Kier alpha value is -5.09. The van der Waals surface area contributed by atoms with Crippen LogP contribution in [-0.2, 0) is 24.8 Å². The molecule has 1 atom stereocenters. The largest absolute Gasteiger partial charge is 0.508 e. The van der Waals surface area contributed by atoms with Gasteiger partial charge in [-0.2, -0.15) is 0 Å². The highest BCUT2D eigenvalue weighted by Gasteiger charge is 2.34. The zero-order valence-electron chi connectivity index (χ0n) is 29.1. The molecule has 1 fully saturated rings. The molecule has 0 bridgehead atoms. The summed E-state index contributed by atoms with van der Waals surface area (Å²) in [4.78, 5) is 35.4. The van der Waals surface area contributed by atoms with Gasteiger partial charge in [-0.25, -0.2) is 0 Å². The van der Waals surface area contributed by atoms with Gasteiger partial charge in [0.2, 0.25) is 0 Å². The topological polar surface area (TPSA) is 87.5 Å². The lowest BCUT2D eigenvalue weighted by Gasteiger charge is -2.40. The number of benzene rings is 4. The quantitative estimate of drug-likeness (QED) is 0.187. The van der Waals surface area contributed by atoms with E-state index in [-0.39, 0.29) is 36.0 Å². The molecular formula is C41H43ClN4O5. The van der Waals surface area contributed by atoms with Gasteiger partial charge in [-0.3, -0.25) is 19.4 Å². The number of methoxy groups -OCH3 is 1. The second-order valence-electron chi connectivity index (χ2n) is 13.0. The number of anilines is 2. The van der Waals surface area contributed by atoms with Crippen molar-refractivity contribution < 1.29 is 24.2 Å². The summed E-state index contributed by atoms with van der Waals surface area (Å²) in [6.07, 6.45) is 0.777. The molecule has 7 rings (SSSR count). The Morgan fingerprint density at radius 1 is 0.863 bits per heavy atom. The number of phenolic OH excluding ortho intramolecular Hbond substituents is 1. The number of amides is 2. The lowest BCUT2D eigenvalue weighted by atomic mass is 9.92. The van der Waals surface area contributed by atoms with Gasteiger partial charge >= 0.3 is 0 Å². The van der Waals surface area contributed by atoms with Crippen molar-refractivity contribution in [3.63, 3.8) is 0 Å². The maximum Gasteiger partial charge on any atom is 0.264 e. The molecule has 1 N–H and O–H groups in total. The fourth-order valence-electron chi connectivity index (χ4n) is 7.13.